The summed E-state index contributed by atoms with van der Waals surface area (Å²) in [5, 5.41) is 3.70. The van der Waals surface area contributed by atoms with E-state index in [1.165, 1.54) is 37.7 Å². The maximum atomic E-state index is 11.2. The van der Waals surface area contributed by atoms with Gasteiger partial charge in [-0.05, 0) is 43.2 Å². The fraction of sp³-hybridized carbons (Fsp3) is 0.667. The second-order valence-corrected chi connectivity index (χ2v) is 7.04. The van der Waals surface area contributed by atoms with Crippen LogP contribution >= 0.6 is 11.3 Å². The number of rotatable bonds is 5. The van der Waals surface area contributed by atoms with Crippen molar-refractivity contribution in [3.8, 4) is 0 Å². The Kier molecular flexibility index (Phi) is 3.89. The van der Waals surface area contributed by atoms with Crippen LogP contribution in [-0.4, -0.2) is 19.1 Å². The molecular formula is C15H21NO2S. The smallest absolute Gasteiger partial charge is 0.310 e. The van der Waals surface area contributed by atoms with Gasteiger partial charge in [0.25, 0.3) is 0 Å². The van der Waals surface area contributed by atoms with Crippen LogP contribution in [0.25, 0.3) is 0 Å². The molecule has 0 saturated heterocycles. The van der Waals surface area contributed by atoms with Crippen LogP contribution in [0.2, 0.25) is 0 Å². The molecule has 2 bridgehead atoms. The maximum Gasteiger partial charge on any atom is 0.310 e. The maximum absolute atomic E-state index is 11.2. The Balaban J connectivity index is 1.49. The van der Waals surface area contributed by atoms with Gasteiger partial charge in [0.05, 0.1) is 13.5 Å². The summed E-state index contributed by atoms with van der Waals surface area (Å²) in [6.07, 6.45) is 6.07. The molecule has 0 aliphatic heterocycles. The van der Waals surface area contributed by atoms with Crippen molar-refractivity contribution in [1.29, 1.82) is 0 Å². The highest BCUT2D eigenvalue weighted by atomic mass is 32.1. The number of fused-ring (bicyclic) bond motifs is 2. The molecule has 2 aliphatic carbocycles. The summed E-state index contributed by atoms with van der Waals surface area (Å²) < 4.78 is 4.69. The molecule has 2 fully saturated rings. The second-order valence-electron chi connectivity index (χ2n) is 5.78. The lowest BCUT2D eigenvalue weighted by molar-refractivity contribution is -0.139. The van der Waals surface area contributed by atoms with Crippen molar-refractivity contribution in [2.75, 3.05) is 7.11 Å². The van der Waals surface area contributed by atoms with Crippen molar-refractivity contribution in [3.05, 3.63) is 21.9 Å². The summed E-state index contributed by atoms with van der Waals surface area (Å²) in [5.41, 5.74) is 0. The van der Waals surface area contributed by atoms with Crippen LogP contribution in [0.3, 0.4) is 0 Å². The third-order valence-corrected chi connectivity index (χ3v) is 5.63. The van der Waals surface area contributed by atoms with Gasteiger partial charge in [-0.25, -0.2) is 0 Å². The van der Waals surface area contributed by atoms with E-state index in [2.05, 4.69) is 11.4 Å². The van der Waals surface area contributed by atoms with Gasteiger partial charge in [0.2, 0.25) is 0 Å². The molecule has 104 valence electrons. The molecule has 19 heavy (non-hydrogen) atoms. The number of carbonyl (C=O) groups is 1. The van der Waals surface area contributed by atoms with Crippen LogP contribution in [0.1, 0.15) is 35.4 Å². The van der Waals surface area contributed by atoms with E-state index in [9.17, 15) is 4.79 Å². The minimum Gasteiger partial charge on any atom is -0.469 e. The normalized spacial score (nSPS) is 28.8. The first-order chi connectivity index (χ1) is 9.24. The average Bonchev–Trinajstić information content (AvgIpc) is 3.12. The van der Waals surface area contributed by atoms with Crippen LogP contribution in [-0.2, 0) is 22.5 Å². The van der Waals surface area contributed by atoms with Crippen LogP contribution in [0, 0.1) is 11.8 Å². The summed E-state index contributed by atoms with van der Waals surface area (Å²) in [7, 11) is 1.44. The summed E-state index contributed by atoms with van der Waals surface area (Å²) in [6, 6.07) is 4.90. The molecule has 1 N–H and O–H groups in total. The van der Waals surface area contributed by atoms with Gasteiger partial charge in [-0.15, -0.1) is 11.3 Å². The minimum absolute atomic E-state index is 0.158. The lowest BCUT2D eigenvalue weighted by Gasteiger charge is -2.22. The molecule has 0 amide bonds. The zero-order valence-electron chi connectivity index (χ0n) is 11.4. The molecule has 2 aliphatic rings. The molecule has 0 aromatic carbocycles. The van der Waals surface area contributed by atoms with Gasteiger partial charge < -0.3 is 10.1 Å². The Bertz CT molecular complexity index is 457. The van der Waals surface area contributed by atoms with E-state index in [0.717, 1.165) is 29.3 Å². The Morgan fingerprint density at radius 3 is 2.89 bits per heavy atom. The molecule has 1 aromatic rings. The van der Waals surface area contributed by atoms with E-state index in [1.54, 1.807) is 11.3 Å². The van der Waals surface area contributed by atoms with E-state index in [4.69, 9.17) is 4.74 Å². The van der Waals surface area contributed by atoms with E-state index in [0.29, 0.717) is 6.42 Å². The Labute approximate surface area is 118 Å². The Hall–Kier alpha value is -0.870. The quantitative estimate of drug-likeness (QED) is 0.842. The van der Waals surface area contributed by atoms with Crippen LogP contribution in [0.4, 0.5) is 0 Å². The first-order valence-electron chi connectivity index (χ1n) is 7.12. The van der Waals surface area contributed by atoms with Crippen molar-refractivity contribution in [2.24, 2.45) is 11.8 Å². The number of hydrogen-bond donors (Lipinski definition) is 1. The number of nitrogens with one attached hydrogen (secondary N) is 1. The number of ether oxygens (including phenoxy) is 1. The molecule has 0 spiro atoms. The fourth-order valence-corrected chi connectivity index (χ4v) is 4.51. The molecule has 1 heterocycles. The SMILES string of the molecule is COC(=O)Cc1ccc(CNC2CC3CCC2C3)s1. The summed E-state index contributed by atoms with van der Waals surface area (Å²) in [6.45, 7) is 0.944. The predicted octanol–water partition coefficient (Wildman–Crippen LogP) is 2.74. The number of thiophene rings is 1. The van der Waals surface area contributed by atoms with Crippen LogP contribution in [0.15, 0.2) is 12.1 Å². The van der Waals surface area contributed by atoms with Gasteiger partial charge in [0.1, 0.15) is 0 Å². The number of carbonyl (C=O) groups excluding carboxylic acids is 1. The molecule has 3 nitrogen and oxygen atoms in total. The van der Waals surface area contributed by atoms with Gasteiger partial charge in [-0.3, -0.25) is 4.79 Å². The van der Waals surface area contributed by atoms with Crippen LogP contribution < -0.4 is 5.32 Å². The first-order valence-corrected chi connectivity index (χ1v) is 7.94. The molecule has 3 atom stereocenters. The van der Waals surface area contributed by atoms with Crippen molar-refractivity contribution in [2.45, 2.75) is 44.7 Å². The highest BCUT2D eigenvalue weighted by Crippen LogP contribution is 2.44. The third-order valence-electron chi connectivity index (χ3n) is 4.54. The monoisotopic (exact) mass is 279 g/mol. The highest BCUT2D eigenvalue weighted by Gasteiger charge is 2.38. The van der Waals surface area contributed by atoms with Gasteiger partial charge in [0, 0.05) is 22.3 Å². The lowest BCUT2D eigenvalue weighted by Crippen LogP contribution is -2.33. The summed E-state index contributed by atoms with van der Waals surface area (Å²) in [4.78, 5) is 13.6. The lowest BCUT2D eigenvalue weighted by atomic mass is 9.95. The zero-order valence-corrected chi connectivity index (χ0v) is 12.2. The predicted molar refractivity (Wildman–Crippen MR) is 76.1 cm³/mol. The van der Waals surface area contributed by atoms with Crippen LogP contribution in [0.5, 0.6) is 0 Å². The fourth-order valence-electron chi connectivity index (χ4n) is 3.55. The summed E-state index contributed by atoms with van der Waals surface area (Å²) in [5.74, 6) is 1.75. The molecule has 2 saturated carbocycles. The largest absolute Gasteiger partial charge is 0.469 e. The first kappa shape index (κ1) is 13.1. The molecule has 3 rings (SSSR count). The van der Waals surface area contributed by atoms with Gasteiger partial charge in [-0.1, -0.05) is 6.42 Å². The van der Waals surface area contributed by atoms with Gasteiger partial charge >= 0.3 is 5.97 Å². The van der Waals surface area contributed by atoms with Crippen molar-refractivity contribution < 1.29 is 9.53 Å². The third kappa shape index (κ3) is 3.00. The number of methoxy groups -OCH3 is 1. The van der Waals surface area contributed by atoms with Crippen molar-refractivity contribution in [1.82, 2.24) is 5.32 Å². The van der Waals surface area contributed by atoms with Gasteiger partial charge in [0.15, 0.2) is 0 Å². The van der Waals surface area contributed by atoms with E-state index in [-0.39, 0.29) is 5.97 Å². The van der Waals surface area contributed by atoms with E-state index >= 15 is 0 Å². The molecule has 0 radical (unpaired) electrons. The second kappa shape index (κ2) is 5.63. The molecule has 1 aromatic heterocycles. The van der Waals surface area contributed by atoms with E-state index < -0.39 is 0 Å². The zero-order chi connectivity index (χ0) is 13.2. The minimum atomic E-state index is -0.158. The van der Waals surface area contributed by atoms with Gasteiger partial charge in [-0.2, -0.15) is 0 Å². The molecule has 3 unspecified atom stereocenters. The summed E-state index contributed by atoms with van der Waals surface area (Å²) >= 11 is 1.72. The molecule has 4 heteroatoms. The highest BCUT2D eigenvalue weighted by molar-refractivity contribution is 7.12. The molecular weight excluding hydrogens is 258 g/mol. The standard InChI is InChI=1S/C15H21NO2S/c1-18-15(17)8-12-4-5-13(19-12)9-16-14-7-10-2-3-11(14)6-10/h4-5,10-11,14,16H,2-3,6-9H2,1H3. The van der Waals surface area contributed by atoms with Crippen molar-refractivity contribution in [3.63, 3.8) is 0 Å². The Morgan fingerprint density at radius 2 is 2.21 bits per heavy atom. The Morgan fingerprint density at radius 1 is 1.37 bits per heavy atom. The number of hydrogen-bond acceptors (Lipinski definition) is 4. The van der Waals surface area contributed by atoms with E-state index in [1.807, 2.05) is 6.07 Å². The van der Waals surface area contributed by atoms with Crippen molar-refractivity contribution >= 4 is 17.3 Å². The average molecular weight is 279 g/mol. The topological polar surface area (TPSA) is 38.3 Å². The number of esters is 1.